The molecule has 2 heterocycles. The van der Waals surface area contributed by atoms with Crippen LogP contribution in [0, 0.1) is 0 Å². The van der Waals surface area contributed by atoms with Crippen LogP contribution in [0.4, 0.5) is 5.69 Å². The molecular formula is C10H15N3O3. The Balaban J connectivity index is 2.02. The van der Waals surface area contributed by atoms with Gasteiger partial charge in [0.05, 0.1) is 25.1 Å². The van der Waals surface area contributed by atoms with E-state index in [1.54, 1.807) is 7.05 Å². The van der Waals surface area contributed by atoms with Crippen LogP contribution in [0.1, 0.15) is 23.3 Å². The summed E-state index contributed by atoms with van der Waals surface area (Å²) in [7, 11) is 1.66. The molecule has 88 valence electrons. The Hall–Kier alpha value is -1.56. The maximum Gasteiger partial charge on any atom is 0.359 e. The predicted octanol–water partition coefficient (Wildman–Crippen LogP) is 0.338. The Morgan fingerprint density at radius 3 is 2.88 bits per heavy atom. The molecular weight excluding hydrogens is 210 g/mol. The minimum atomic E-state index is -0.413. The second-order valence-electron chi connectivity index (χ2n) is 3.79. The van der Waals surface area contributed by atoms with Crippen LogP contribution in [-0.4, -0.2) is 35.1 Å². The molecule has 0 unspecified atom stereocenters. The molecule has 1 saturated heterocycles. The topological polar surface area (TPSA) is 79.4 Å². The van der Waals surface area contributed by atoms with Crippen molar-refractivity contribution in [1.82, 2.24) is 9.78 Å². The smallest absolute Gasteiger partial charge is 0.359 e. The van der Waals surface area contributed by atoms with Crippen molar-refractivity contribution >= 4 is 11.7 Å². The summed E-state index contributed by atoms with van der Waals surface area (Å²) >= 11 is 0. The minimum Gasteiger partial charge on any atom is -0.457 e. The van der Waals surface area contributed by atoms with Crippen molar-refractivity contribution in [1.29, 1.82) is 0 Å². The van der Waals surface area contributed by atoms with Crippen LogP contribution < -0.4 is 5.73 Å². The van der Waals surface area contributed by atoms with Gasteiger partial charge in [-0.05, 0) is 0 Å². The van der Waals surface area contributed by atoms with Crippen LogP contribution in [0.2, 0.25) is 0 Å². The third kappa shape index (κ3) is 2.16. The zero-order chi connectivity index (χ0) is 11.5. The summed E-state index contributed by atoms with van der Waals surface area (Å²) in [6, 6.07) is 0. The first-order valence-corrected chi connectivity index (χ1v) is 5.24. The van der Waals surface area contributed by atoms with E-state index in [0.717, 1.165) is 12.8 Å². The lowest BCUT2D eigenvalue weighted by atomic mass is 10.1. The van der Waals surface area contributed by atoms with Crippen molar-refractivity contribution in [3.8, 4) is 0 Å². The van der Waals surface area contributed by atoms with Gasteiger partial charge in [0.25, 0.3) is 0 Å². The highest BCUT2D eigenvalue weighted by atomic mass is 16.6. The number of nitrogen functional groups attached to an aromatic ring is 1. The lowest BCUT2D eigenvalue weighted by Crippen LogP contribution is -2.27. The Bertz CT molecular complexity index is 363. The molecule has 1 aromatic rings. The second kappa shape index (κ2) is 4.52. The summed E-state index contributed by atoms with van der Waals surface area (Å²) in [5.41, 5.74) is 6.30. The molecule has 0 amide bonds. The second-order valence-corrected chi connectivity index (χ2v) is 3.79. The number of nitrogens with two attached hydrogens (primary N) is 1. The average molecular weight is 225 g/mol. The van der Waals surface area contributed by atoms with E-state index in [1.807, 2.05) is 0 Å². The molecule has 0 bridgehead atoms. The number of aromatic nitrogens is 2. The van der Waals surface area contributed by atoms with E-state index >= 15 is 0 Å². The van der Waals surface area contributed by atoms with Crippen molar-refractivity contribution in [2.24, 2.45) is 7.05 Å². The molecule has 0 atom stereocenters. The van der Waals surface area contributed by atoms with Crippen LogP contribution in [0.3, 0.4) is 0 Å². The molecule has 0 radical (unpaired) electrons. The summed E-state index contributed by atoms with van der Waals surface area (Å²) in [4.78, 5) is 11.8. The van der Waals surface area contributed by atoms with Crippen molar-refractivity contribution in [3.05, 3.63) is 11.9 Å². The Labute approximate surface area is 93.3 Å². The van der Waals surface area contributed by atoms with E-state index < -0.39 is 5.97 Å². The fourth-order valence-corrected chi connectivity index (χ4v) is 1.71. The molecule has 1 fully saturated rings. The largest absolute Gasteiger partial charge is 0.457 e. The van der Waals surface area contributed by atoms with Gasteiger partial charge in [0, 0.05) is 19.9 Å². The molecule has 6 heteroatoms. The van der Waals surface area contributed by atoms with E-state index in [2.05, 4.69) is 5.10 Å². The maximum atomic E-state index is 11.8. The third-order valence-electron chi connectivity index (χ3n) is 2.60. The van der Waals surface area contributed by atoms with Crippen LogP contribution in [-0.2, 0) is 16.5 Å². The summed E-state index contributed by atoms with van der Waals surface area (Å²) in [6.07, 6.45) is 2.85. The first kappa shape index (κ1) is 10.9. The van der Waals surface area contributed by atoms with Gasteiger partial charge in [0.1, 0.15) is 6.10 Å². The monoisotopic (exact) mass is 225 g/mol. The molecule has 1 aliphatic heterocycles. The highest BCUT2D eigenvalue weighted by Crippen LogP contribution is 2.16. The van der Waals surface area contributed by atoms with Gasteiger partial charge in [-0.15, -0.1) is 0 Å². The SMILES string of the molecule is Cn1ncc(N)c1C(=O)OC1CCOCC1. The van der Waals surface area contributed by atoms with Gasteiger partial charge >= 0.3 is 5.97 Å². The van der Waals surface area contributed by atoms with Crippen LogP contribution in [0.25, 0.3) is 0 Å². The van der Waals surface area contributed by atoms with Crippen LogP contribution in [0.5, 0.6) is 0 Å². The number of carbonyl (C=O) groups is 1. The number of esters is 1. The number of nitrogens with zero attached hydrogens (tertiary/aromatic N) is 2. The summed E-state index contributed by atoms with van der Waals surface area (Å²) in [6.45, 7) is 1.28. The predicted molar refractivity (Wildman–Crippen MR) is 56.9 cm³/mol. The number of ether oxygens (including phenoxy) is 2. The van der Waals surface area contributed by atoms with E-state index in [0.29, 0.717) is 24.6 Å². The zero-order valence-corrected chi connectivity index (χ0v) is 9.18. The lowest BCUT2D eigenvalue weighted by Gasteiger charge is -2.22. The highest BCUT2D eigenvalue weighted by Gasteiger charge is 2.22. The molecule has 1 aliphatic rings. The number of carbonyl (C=O) groups excluding carboxylic acids is 1. The first-order chi connectivity index (χ1) is 7.68. The molecule has 0 aromatic carbocycles. The number of hydrogen-bond acceptors (Lipinski definition) is 5. The third-order valence-corrected chi connectivity index (χ3v) is 2.60. The normalized spacial score (nSPS) is 17.3. The van der Waals surface area contributed by atoms with E-state index in [1.165, 1.54) is 10.9 Å². The Morgan fingerprint density at radius 1 is 1.62 bits per heavy atom. The van der Waals surface area contributed by atoms with Crippen LogP contribution >= 0.6 is 0 Å². The number of aryl methyl sites for hydroxylation is 1. The number of rotatable bonds is 2. The Morgan fingerprint density at radius 2 is 2.31 bits per heavy atom. The van der Waals surface area contributed by atoms with Gasteiger partial charge < -0.3 is 15.2 Å². The van der Waals surface area contributed by atoms with E-state index in [4.69, 9.17) is 15.2 Å². The summed E-state index contributed by atoms with van der Waals surface area (Å²) in [5.74, 6) is -0.413. The van der Waals surface area contributed by atoms with Crippen molar-refractivity contribution in [2.75, 3.05) is 18.9 Å². The van der Waals surface area contributed by atoms with Crippen molar-refractivity contribution in [2.45, 2.75) is 18.9 Å². The standard InChI is InChI=1S/C10H15N3O3/c1-13-9(8(11)6-12-13)10(14)16-7-2-4-15-5-3-7/h6-7H,2-5,11H2,1H3. The Kier molecular flexibility index (Phi) is 3.09. The van der Waals surface area contributed by atoms with Gasteiger partial charge in [-0.3, -0.25) is 4.68 Å². The minimum absolute atomic E-state index is 0.0736. The van der Waals surface area contributed by atoms with Crippen LogP contribution in [0.15, 0.2) is 6.20 Å². The van der Waals surface area contributed by atoms with Gasteiger partial charge in [0.15, 0.2) is 5.69 Å². The van der Waals surface area contributed by atoms with Crippen molar-refractivity contribution < 1.29 is 14.3 Å². The van der Waals surface area contributed by atoms with Gasteiger partial charge in [-0.2, -0.15) is 5.10 Å². The highest BCUT2D eigenvalue weighted by molar-refractivity contribution is 5.93. The molecule has 1 aromatic heterocycles. The fourth-order valence-electron chi connectivity index (χ4n) is 1.71. The lowest BCUT2D eigenvalue weighted by molar-refractivity contribution is -0.0165. The van der Waals surface area contributed by atoms with E-state index in [9.17, 15) is 4.79 Å². The van der Waals surface area contributed by atoms with Gasteiger partial charge in [-0.1, -0.05) is 0 Å². The molecule has 2 rings (SSSR count). The molecule has 0 spiro atoms. The number of anilines is 1. The maximum absolute atomic E-state index is 11.8. The number of hydrogen-bond donors (Lipinski definition) is 1. The van der Waals surface area contributed by atoms with E-state index in [-0.39, 0.29) is 6.10 Å². The van der Waals surface area contributed by atoms with Gasteiger partial charge in [0.2, 0.25) is 0 Å². The quantitative estimate of drug-likeness (QED) is 0.734. The van der Waals surface area contributed by atoms with Crippen molar-refractivity contribution in [3.63, 3.8) is 0 Å². The molecule has 6 nitrogen and oxygen atoms in total. The summed E-state index contributed by atoms with van der Waals surface area (Å²) < 4.78 is 12.0. The molecule has 0 saturated carbocycles. The molecule has 0 aliphatic carbocycles. The molecule has 16 heavy (non-hydrogen) atoms. The summed E-state index contributed by atoms with van der Waals surface area (Å²) in [5, 5.41) is 3.90. The van der Waals surface area contributed by atoms with Gasteiger partial charge in [-0.25, -0.2) is 4.79 Å². The zero-order valence-electron chi connectivity index (χ0n) is 9.18. The molecule has 2 N–H and O–H groups in total. The average Bonchev–Trinajstić information content (AvgIpc) is 2.60. The fraction of sp³-hybridized carbons (Fsp3) is 0.600. The first-order valence-electron chi connectivity index (χ1n) is 5.24.